The molecule has 0 spiro atoms. The lowest BCUT2D eigenvalue weighted by Crippen LogP contribution is -2.41. The number of nitrogens with zero attached hydrogens (tertiary/aromatic N) is 3. The molecule has 0 aliphatic rings. The summed E-state index contributed by atoms with van der Waals surface area (Å²) in [6, 6.07) is 4.05. The first-order chi connectivity index (χ1) is 12.7. The highest BCUT2D eigenvalue weighted by atomic mass is 32.2. The average Bonchev–Trinajstić information content (AvgIpc) is 2.87. The Hall–Kier alpha value is -3.15. The molecule has 146 valence electrons. The van der Waals surface area contributed by atoms with Gasteiger partial charge in [0.25, 0.3) is 0 Å². The van der Waals surface area contributed by atoms with Gasteiger partial charge in [-0.3, -0.25) is 0 Å². The summed E-state index contributed by atoms with van der Waals surface area (Å²) in [4.78, 5) is 35.4. The van der Waals surface area contributed by atoms with Gasteiger partial charge in [-0.25, -0.2) is 32.1 Å². The molecule has 11 nitrogen and oxygen atoms in total. The van der Waals surface area contributed by atoms with Crippen molar-refractivity contribution in [3.63, 3.8) is 0 Å². The maximum atomic E-state index is 12.2. The fourth-order valence-corrected chi connectivity index (χ4v) is 3.23. The predicted octanol–water partition coefficient (Wildman–Crippen LogP) is 0.157. The summed E-state index contributed by atoms with van der Waals surface area (Å²) in [5, 5.41) is 12.8. The highest BCUT2D eigenvalue weighted by Crippen LogP contribution is 2.12. The third kappa shape index (κ3) is 4.73. The molecule has 1 heterocycles. The normalized spacial score (nSPS) is 11.2. The van der Waals surface area contributed by atoms with Gasteiger partial charge in [0.1, 0.15) is 0 Å². The molecule has 0 atom stereocenters. The number of carboxylic acid groups (broad SMARTS) is 1. The van der Waals surface area contributed by atoms with Crippen LogP contribution in [0.5, 0.6) is 6.01 Å². The van der Waals surface area contributed by atoms with Gasteiger partial charge in [-0.2, -0.15) is 0 Å². The number of aromatic nitrogens is 3. The lowest BCUT2D eigenvalue weighted by atomic mass is 10.1. The summed E-state index contributed by atoms with van der Waals surface area (Å²) in [5.74, 6) is -2.06. The number of hydrogen-bond donors (Lipinski definition) is 2. The Labute approximate surface area is 154 Å². The zero-order chi connectivity index (χ0) is 20.2. The maximum absolute atomic E-state index is 12.2. The van der Waals surface area contributed by atoms with Crippen molar-refractivity contribution < 1.29 is 27.9 Å². The van der Waals surface area contributed by atoms with E-state index in [9.17, 15) is 22.8 Å². The Kier molecular flexibility index (Phi) is 6.00. The van der Waals surface area contributed by atoms with Crippen LogP contribution in [0.2, 0.25) is 0 Å². The van der Waals surface area contributed by atoms with Gasteiger partial charge < -0.3 is 9.84 Å². The predicted molar refractivity (Wildman–Crippen MR) is 93.2 cm³/mol. The molecule has 1 aromatic carbocycles. The molecule has 0 radical (unpaired) electrons. The minimum atomic E-state index is -4.29. The number of hydrogen-bond acceptors (Lipinski definition) is 7. The van der Waals surface area contributed by atoms with Crippen molar-refractivity contribution in [3.8, 4) is 6.01 Å². The van der Waals surface area contributed by atoms with Gasteiger partial charge in [0.15, 0.2) is 0 Å². The second-order valence-electron chi connectivity index (χ2n) is 5.51. The first-order valence-electron chi connectivity index (χ1n) is 7.81. The zero-order valence-electron chi connectivity index (χ0n) is 14.6. The van der Waals surface area contributed by atoms with E-state index in [1.165, 1.54) is 31.3 Å². The minimum Gasteiger partial charge on any atom is -0.478 e. The lowest BCUT2D eigenvalue weighted by Gasteiger charge is -2.08. The molecule has 0 aliphatic carbocycles. The fourth-order valence-electron chi connectivity index (χ4n) is 2.14. The molecule has 0 saturated carbocycles. The standard InChI is InChI=1S/C15H18N4O7S/c1-3-8-26-14-16-19(15(23)18(14)2)13(22)17-27(24,25)9-10-6-4-5-7-11(10)12(20)21/h4-7H,3,8-9H2,1-2H3,(H,17,22)(H,20,21). The summed E-state index contributed by atoms with van der Waals surface area (Å²) < 4.78 is 32.6. The molecule has 0 fully saturated rings. The number of carbonyl (C=O) groups is 2. The highest BCUT2D eigenvalue weighted by Gasteiger charge is 2.23. The van der Waals surface area contributed by atoms with Crippen LogP contribution in [0, 0.1) is 0 Å². The van der Waals surface area contributed by atoms with Crippen LogP contribution in [0.4, 0.5) is 4.79 Å². The molecule has 0 bridgehead atoms. The topological polar surface area (TPSA) is 150 Å². The van der Waals surface area contributed by atoms with E-state index in [0.717, 1.165) is 4.57 Å². The van der Waals surface area contributed by atoms with Crippen LogP contribution in [0.15, 0.2) is 29.1 Å². The first-order valence-corrected chi connectivity index (χ1v) is 9.46. The maximum Gasteiger partial charge on any atom is 0.360 e. The number of sulfonamides is 1. The first kappa shape index (κ1) is 20.2. The minimum absolute atomic E-state index is 0.00867. The molecular weight excluding hydrogens is 380 g/mol. The third-order valence-corrected chi connectivity index (χ3v) is 4.58. The molecule has 2 N–H and O–H groups in total. The van der Waals surface area contributed by atoms with Gasteiger partial charge in [0, 0.05) is 7.05 Å². The molecule has 0 aliphatic heterocycles. The SMILES string of the molecule is CCCOc1nn(C(=O)NS(=O)(=O)Cc2ccccc2C(=O)O)c(=O)n1C. The van der Waals surface area contributed by atoms with Gasteiger partial charge in [0.2, 0.25) is 10.0 Å². The molecule has 1 aromatic heterocycles. The van der Waals surface area contributed by atoms with E-state index in [1.54, 1.807) is 4.72 Å². The van der Waals surface area contributed by atoms with Crippen LogP contribution in [-0.4, -0.2) is 46.5 Å². The summed E-state index contributed by atoms with van der Waals surface area (Å²) in [7, 11) is -2.97. The Balaban J connectivity index is 2.23. The van der Waals surface area contributed by atoms with Crippen LogP contribution in [0.3, 0.4) is 0 Å². The summed E-state index contributed by atoms with van der Waals surface area (Å²) >= 11 is 0. The molecule has 27 heavy (non-hydrogen) atoms. The van der Waals surface area contributed by atoms with Crippen molar-refractivity contribution in [2.24, 2.45) is 7.05 Å². The molecule has 12 heteroatoms. The average molecular weight is 398 g/mol. The monoisotopic (exact) mass is 398 g/mol. The molecule has 2 rings (SSSR count). The number of nitrogens with one attached hydrogen (secondary N) is 1. The smallest absolute Gasteiger partial charge is 0.360 e. The van der Waals surface area contributed by atoms with Gasteiger partial charge in [0.05, 0.1) is 17.9 Å². The Bertz CT molecular complexity index is 1020. The van der Waals surface area contributed by atoms with E-state index < -0.39 is 33.5 Å². The van der Waals surface area contributed by atoms with Crippen molar-refractivity contribution in [2.45, 2.75) is 19.1 Å². The van der Waals surface area contributed by atoms with E-state index in [1.807, 2.05) is 6.92 Å². The van der Waals surface area contributed by atoms with Gasteiger partial charge >= 0.3 is 23.7 Å². The van der Waals surface area contributed by atoms with E-state index in [4.69, 9.17) is 9.84 Å². The molecule has 0 saturated heterocycles. The van der Waals surface area contributed by atoms with Crippen molar-refractivity contribution in [3.05, 3.63) is 45.9 Å². The Morgan fingerprint density at radius 1 is 1.30 bits per heavy atom. The molecular formula is C15H18N4O7S. The number of carbonyl (C=O) groups excluding carboxylic acids is 1. The van der Waals surface area contributed by atoms with Crippen LogP contribution in [0.1, 0.15) is 29.3 Å². The second kappa shape index (κ2) is 8.03. The van der Waals surface area contributed by atoms with Crippen molar-refractivity contribution in [1.29, 1.82) is 0 Å². The third-order valence-electron chi connectivity index (χ3n) is 3.40. The Morgan fingerprint density at radius 2 is 1.96 bits per heavy atom. The summed E-state index contributed by atoms with van der Waals surface area (Å²) in [6.07, 6.45) is 0.643. The van der Waals surface area contributed by atoms with Crippen LogP contribution < -0.4 is 15.1 Å². The van der Waals surface area contributed by atoms with Crippen LogP contribution in [0.25, 0.3) is 0 Å². The highest BCUT2D eigenvalue weighted by molar-refractivity contribution is 7.89. The van der Waals surface area contributed by atoms with E-state index in [0.29, 0.717) is 11.1 Å². The van der Waals surface area contributed by atoms with Gasteiger partial charge in [-0.15, -0.1) is 9.78 Å². The Morgan fingerprint density at radius 3 is 2.59 bits per heavy atom. The molecule has 0 unspecified atom stereocenters. The van der Waals surface area contributed by atoms with Gasteiger partial charge in [-0.1, -0.05) is 25.1 Å². The fraction of sp³-hybridized carbons (Fsp3) is 0.333. The van der Waals surface area contributed by atoms with Crippen LogP contribution in [-0.2, 0) is 22.8 Å². The van der Waals surface area contributed by atoms with Crippen molar-refractivity contribution in [1.82, 2.24) is 19.1 Å². The number of rotatable bonds is 7. The largest absolute Gasteiger partial charge is 0.478 e. The molecule has 1 amide bonds. The van der Waals surface area contributed by atoms with Gasteiger partial charge in [-0.05, 0) is 18.1 Å². The summed E-state index contributed by atoms with van der Waals surface area (Å²) in [5.41, 5.74) is -1.11. The lowest BCUT2D eigenvalue weighted by molar-refractivity contribution is 0.0696. The quantitative estimate of drug-likeness (QED) is 0.669. The van der Waals surface area contributed by atoms with E-state index >= 15 is 0 Å². The van der Waals surface area contributed by atoms with E-state index in [-0.39, 0.29) is 23.7 Å². The number of aromatic carboxylic acids is 1. The van der Waals surface area contributed by atoms with Crippen molar-refractivity contribution >= 4 is 22.0 Å². The summed E-state index contributed by atoms with van der Waals surface area (Å²) in [6.45, 7) is 2.10. The number of benzene rings is 1. The van der Waals surface area contributed by atoms with E-state index in [2.05, 4.69) is 5.10 Å². The zero-order valence-corrected chi connectivity index (χ0v) is 15.4. The second-order valence-corrected chi connectivity index (χ2v) is 7.24. The van der Waals surface area contributed by atoms with Crippen molar-refractivity contribution in [2.75, 3.05) is 6.61 Å². The number of amides is 1. The number of carboxylic acids is 1. The number of ether oxygens (including phenoxy) is 1. The van der Waals surface area contributed by atoms with Crippen LogP contribution >= 0.6 is 0 Å². The molecule has 2 aromatic rings.